The lowest BCUT2D eigenvalue weighted by molar-refractivity contribution is -0.113. The van der Waals surface area contributed by atoms with Gasteiger partial charge in [0.2, 0.25) is 11.1 Å². The SMILES string of the molecule is COc1ccc(-c2csc(NC(=O)CSc3nnc(-c4ccc(Br)cc4)c(-c4ccc(Br)cc4)n3)n2)cc1. The molecule has 1 N–H and O–H groups in total. The summed E-state index contributed by atoms with van der Waals surface area (Å²) in [5, 5.41) is 14.5. The van der Waals surface area contributed by atoms with Gasteiger partial charge in [-0.05, 0) is 48.5 Å². The molecule has 2 heterocycles. The molecule has 0 unspecified atom stereocenters. The number of anilines is 1. The number of nitrogens with zero attached hydrogens (tertiary/aromatic N) is 4. The topological polar surface area (TPSA) is 89.9 Å². The van der Waals surface area contributed by atoms with Gasteiger partial charge in [0.1, 0.15) is 17.1 Å². The fourth-order valence-electron chi connectivity index (χ4n) is 3.49. The molecule has 38 heavy (non-hydrogen) atoms. The van der Waals surface area contributed by atoms with Gasteiger partial charge in [0.15, 0.2) is 5.13 Å². The van der Waals surface area contributed by atoms with Crippen LogP contribution in [0.15, 0.2) is 92.3 Å². The molecule has 7 nitrogen and oxygen atoms in total. The van der Waals surface area contributed by atoms with E-state index in [0.29, 0.717) is 21.7 Å². The van der Waals surface area contributed by atoms with Crippen molar-refractivity contribution in [3.63, 3.8) is 0 Å². The summed E-state index contributed by atoms with van der Waals surface area (Å²) < 4.78 is 7.14. The zero-order valence-corrected chi connectivity index (χ0v) is 24.7. The third-order valence-corrected chi connectivity index (χ3v) is 8.02. The number of thioether (sulfide) groups is 1. The van der Waals surface area contributed by atoms with Crippen LogP contribution >= 0.6 is 55.0 Å². The lowest BCUT2D eigenvalue weighted by atomic mass is 10.0. The number of rotatable bonds is 8. The fourth-order valence-corrected chi connectivity index (χ4v) is 5.35. The molecule has 11 heteroatoms. The van der Waals surface area contributed by atoms with Gasteiger partial charge in [0, 0.05) is 31.0 Å². The Morgan fingerprint density at radius 3 is 2.08 bits per heavy atom. The van der Waals surface area contributed by atoms with Gasteiger partial charge in [-0.1, -0.05) is 67.9 Å². The van der Waals surface area contributed by atoms with E-state index in [1.54, 1.807) is 7.11 Å². The first-order valence-electron chi connectivity index (χ1n) is 11.3. The van der Waals surface area contributed by atoms with E-state index < -0.39 is 0 Å². The van der Waals surface area contributed by atoms with Crippen molar-refractivity contribution in [2.75, 3.05) is 18.2 Å². The Bertz CT molecular complexity index is 1560. The van der Waals surface area contributed by atoms with Crippen molar-refractivity contribution in [3.8, 4) is 39.5 Å². The van der Waals surface area contributed by atoms with Gasteiger partial charge in [0.25, 0.3) is 0 Å². The van der Waals surface area contributed by atoms with Crippen molar-refractivity contribution in [2.24, 2.45) is 0 Å². The molecule has 0 atom stereocenters. The second-order valence-corrected chi connectivity index (χ2v) is 11.5. The molecule has 0 saturated heterocycles. The van der Waals surface area contributed by atoms with E-state index in [2.05, 4.69) is 52.4 Å². The number of halogens is 2. The van der Waals surface area contributed by atoms with Gasteiger partial charge >= 0.3 is 0 Å². The first-order chi connectivity index (χ1) is 18.5. The molecule has 0 aliphatic heterocycles. The van der Waals surface area contributed by atoms with Crippen LogP contribution in [0.5, 0.6) is 5.75 Å². The van der Waals surface area contributed by atoms with Gasteiger partial charge in [-0.3, -0.25) is 4.79 Å². The highest BCUT2D eigenvalue weighted by Gasteiger charge is 2.16. The highest BCUT2D eigenvalue weighted by atomic mass is 79.9. The molecule has 0 bridgehead atoms. The Hall–Kier alpha value is -3.12. The van der Waals surface area contributed by atoms with Crippen LogP contribution in [0.4, 0.5) is 5.13 Å². The van der Waals surface area contributed by atoms with Crippen molar-refractivity contribution in [1.82, 2.24) is 20.2 Å². The minimum atomic E-state index is -0.198. The Morgan fingerprint density at radius 2 is 1.45 bits per heavy atom. The Kier molecular flexibility index (Phi) is 8.48. The summed E-state index contributed by atoms with van der Waals surface area (Å²) in [6, 6.07) is 23.3. The van der Waals surface area contributed by atoms with E-state index in [1.165, 1.54) is 23.1 Å². The quantitative estimate of drug-likeness (QED) is 0.170. The lowest BCUT2D eigenvalue weighted by Crippen LogP contribution is -2.14. The summed E-state index contributed by atoms with van der Waals surface area (Å²) >= 11 is 9.55. The molecule has 0 radical (unpaired) electrons. The highest BCUT2D eigenvalue weighted by Crippen LogP contribution is 2.32. The van der Waals surface area contributed by atoms with Crippen LogP contribution < -0.4 is 10.1 Å². The van der Waals surface area contributed by atoms with E-state index in [1.807, 2.05) is 78.2 Å². The maximum atomic E-state index is 12.7. The van der Waals surface area contributed by atoms with E-state index in [4.69, 9.17) is 9.72 Å². The molecule has 1 amide bonds. The summed E-state index contributed by atoms with van der Waals surface area (Å²) in [6.45, 7) is 0. The first-order valence-corrected chi connectivity index (χ1v) is 14.7. The Morgan fingerprint density at radius 1 is 0.842 bits per heavy atom. The molecule has 2 aromatic heterocycles. The van der Waals surface area contributed by atoms with Crippen LogP contribution in [0.1, 0.15) is 0 Å². The van der Waals surface area contributed by atoms with Crippen molar-refractivity contribution in [3.05, 3.63) is 87.1 Å². The van der Waals surface area contributed by atoms with Gasteiger partial charge in [0.05, 0.1) is 18.6 Å². The first kappa shape index (κ1) is 26.5. The molecule has 0 aliphatic rings. The average molecular weight is 669 g/mol. The summed E-state index contributed by atoms with van der Waals surface area (Å²) in [5.41, 5.74) is 4.90. The van der Waals surface area contributed by atoms with Crippen LogP contribution in [0.3, 0.4) is 0 Å². The van der Waals surface area contributed by atoms with Crippen molar-refractivity contribution < 1.29 is 9.53 Å². The number of hydrogen-bond donors (Lipinski definition) is 1. The Labute approximate surface area is 244 Å². The number of methoxy groups -OCH3 is 1. The summed E-state index contributed by atoms with van der Waals surface area (Å²) in [4.78, 5) is 22.0. The number of amides is 1. The number of aromatic nitrogens is 4. The number of benzene rings is 3. The number of ether oxygens (including phenoxy) is 1. The fraction of sp³-hybridized carbons (Fsp3) is 0.0741. The maximum absolute atomic E-state index is 12.7. The van der Waals surface area contributed by atoms with Gasteiger partial charge in [-0.15, -0.1) is 21.5 Å². The van der Waals surface area contributed by atoms with Crippen LogP contribution in [-0.4, -0.2) is 38.9 Å². The summed E-state index contributed by atoms with van der Waals surface area (Å²) in [7, 11) is 1.63. The van der Waals surface area contributed by atoms with E-state index in [9.17, 15) is 4.79 Å². The predicted octanol–water partition coefficient (Wildman–Crippen LogP) is 7.59. The standard InChI is InChI=1S/C27H19Br2N5O2S2/c1-36-21-12-6-16(7-13-21)22-14-37-26(30-22)31-23(35)15-38-27-32-24(17-2-8-19(28)9-3-17)25(33-34-27)18-4-10-20(29)11-5-18/h2-14H,15H2,1H3,(H,30,31,35). The smallest absolute Gasteiger partial charge is 0.236 e. The van der Waals surface area contributed by atoms with Crippen LogP contribution in [0.25, 0.3) is 33.8 Å². The number of thiazole rings is 1. The second kappa shape index (κ2) is 12.2. The third-order valence-electron chi connectivity index (χ3n) is 5.37. The van der Waals surface area contributed by atoms with E-state index in [-0.39, 0.29) is 11.7 Å². The van der Waals surface area contributed by atoms with Gasteiger partial charge < -0.3 is 10.1 Å². The summed E-state index contributed by atoms with van der Waals surface area (Å²) in [6.07, 6.45) is 0. The number of carbonyl (C=O) groups excluding carboxylic acids is 1. The van der Waals surface area contributed by atoms with Gasteiger partial charge in [-0.2, -0.15) is 0 Å². The molecule has 5 rings (SSSR count). The average Bonchev–Trinajstić information content (AvgIpc) is 3.41. The largest absolute Gasteiger partial charge is 0.497 e. The normalized spacial score (nSPS) is 10.8. The van der Waals surface area contributed by atoms with Gasteiger partial charge in [-0.25, -0.2) is 9.97 Å². The lowest BCUT2D eigenvalue weighted by Gasteiger charge is -2.10. The third kappa shape index (κ3) is 6.47. The molecule has 190 valence electrons. The molecule has 0 saturated carbocycles. The molecular formula is C27H19Br2N5O2S2. The van der Waals surface area contributed by atoms with Crippen LogP contribution in [0, 0.1) is 0 Å². The number of hydrogen-bond acceptors (Lipinski definition) is 8. The monoisotopic (exact) mass is 667 g/mol. The van der Waals surface area contributed by atoms with E-state index >= 15 is 0 Å². The molecule has 3 aromatic carbocycles. The number of carbonyl (C=O) groups is 1. The number of nitrogens with one attached hydrogen (secondary N) is 1. The minimum absolute atomic E-state index is 0.122. The predicted molar refractivity (Wildman–Crippen MR) is 160 cm³/mol. The van der Waals surface area contributed by atoms with E-state index in [0.717, 1.165) is 37.1 Å². The molecule has 5 aromatic rings. The molecule has 0 aliphatic carbocycles. The van der Waals surface area contributed by atoms with Crippen molar-refractivity contribution in [2.45, 2.75) is 5.16 Å². The zero-order valence-electron chi connectivity index (χ0n) is 19.9. The minimum Gasteiger partial charge on any atom is -0.497 e. The highest BCUT2D eigenvalue weighted by molar-refractivity contribution is 9.10. The van der Waals surface area contributed by atoms with Crippen LogP contribution in [-0.2, 0) is 4.79 Å². The van der Waals surface area contributed by atoms with Crippen molar-refractivity contribution in [1.29, 1.82) is 0 Å². The van der Waals surface area contributed by atoms with Crippen molar-refractivity contribution >= 4 is 66.0 Å². The Balaban J connectivity index is 1.30. The molecule has 0 spiro atoms. The molecule has 0 fully saturated rings. The molecular weight excluding hydrogens is 650 g/mol. The van der Waals surface area contributed by atoms with Crippen LogP contribution in [0.2, 0.25) is 0 Å². The zero-order chi connectivity index (χ0) is 26.5. The second-order valence-electron chi connectivity index (χ2n) is 7.91. The summed E-state index contributed by atoms with van der Waals surface area (Å²) in [5.74, 6) is 0.701. The maximum Gasteiger partial charge on any atom is 0.236 e.